The maximum atomic E-state index is 12.8. The number of aryl methyl sites for hydroxylation is 1. The fourth-order valence-electron chi connectivity index (χ4n) is 3.12. The number of carboxylic acid groups (broad SMARTS) is 1. The molecule has 1 amide bonds. The molecule has 0 spiro atoms. The second-order valence-corrected chi connectivity index (χ2v) is 5.99. The van der Waals surface area contributed by atoms with Gasteiger partial charge < -0.3 is 18.8 Å². The molecule has 1 unspecified atom stereocenters. The number of amides is 1. The van der Waals surface area contributed by atoms with Gasteiger partial charge in [-0.3, -0.25) is 4.79 Å². The highest BCUT2D eigenvalue weighted by atomic mass is 16.4. The molecule has 6 heteroatoms. The lowest BCUT2D eigenvalue weighted by molar-refractivity contribution is 0.0606. The van der Waals surface area contributed by atoms with E-state index in [1.54, 1.807) is 4.90 Å². The minimum atomic E-state index is -1.18. The van der Waals surface area contributed by atoms with Crippen molar-refractivity contribution >= 4 is 11.9 Å². The fourth-order valence-corrected chi connectivity index (χ4v) is 3.12. The minimum absolute atomic E-state index is 0.0570. The first-order valence-electron chi connectivity index (χ1n) is 8.33. The summed E-state index contributed by atoms with van der Waals surface area (Å²) in [6.07, 6.45) is 4.63. The first-order valence-corrected chi connectivity index (χ1v) is 8.33. The van der Waals surface area contributed by atoms with Gasteiger partial charge in [-0.1, -0.05) is 19.8 Å². The Morgan fingerprint density at radius 2 is 1.92 bits per heavy atom. The van der Waals surface area contributed by atoms with Crippen molar-refractivity contribution in [1.29, 1.82) is 0 Å². The Balaban J connectivity index is 1.88. The van der Waals surface area contributed by atoms with Crippen LogP contribution in [0.15, 0.2) is 33.1 Å². The Kier molecular flexibility index (Phi) is 4.74. The summed E-state index contributed by atoms with van der Waals surface area (Å²) in [7, 11) is 0. The van der Waals surface area contributed by atoms with Crippen LogP contribution in [0.4, 0.5) is 0 Å². The van der Waals surface area contributed by atoms with Crippen molar-refractivity contribution in [1.82, 2.24) is 4.90 Å². The van der Waals surface area contributed by atoms with Gasteiger partial charge in [-0.25, -0.2) is 4.79 Å². The normalized spacial score (nSPS) is 18.4. The summed E-state index contributed by atoms with van der Waals surface area (Å²) >= 11 is 0. The number of carbonyl (C=O) groups is 2. The molecule has 1 N–H and O–H groups in total. The zero-order valence-corrected chi connectivity index (χ0v) is 13.7. The van der Waals surface area contributed by atoms with Crippen LogP contribution in [0.2, 0.25) is 0 Å². The summed E-state index contributed by atoms with van der Waals surface area (Å²) < 4.78 is 11.1. The van der Waals surface area contributed by atoms with Crippen LogP contribution in [-0.4, -0.2) is 28.4 Å². The summed E-state index contributed by atoms with van der Waals surface area (Å²) in [6.45, 7) is 2.63. The van der Waals surface area contributed by atoms with E-state index in [-0.39, 0.29) is 23.5 Å². The quantitative estimate of drug-likeness (QED) is 0.919. The van der Waals surface area contributed by atoms with Crippen LogP contribution in [0, 0.1) is 0 Å². The molecule has 2 aromatic rings. The number of carbonyl (C=O) groups excluding carboxylic acids is 1. The topological polar surface area (TPSA) is 83.9 Å². The number of carboxylic acids is 1. The zero-order valence-electron chi connectivity index (χ0n) is 13.7. The second kappa shape index (κ2) is 6.95. The third kappa shape index (κ3) is 3.22. The Morgan fingerprint density at radius 1 is 1.12 bits per heavy atom. The van der Waals surface area contributed by atoms with E-state index in [4.69, 9.17) is 13.9 Å². The highest BCUT2D eigenvalue weighted by molar-refractivity contribution is 5.93. The molecule has 3 rings (SSSR count). The van der Waals surface area contributed by atoms with Crippen molar-refractivity contribution in [2.24, 2.45) is 0 Å². The second-order valence-electron chi connectivity index (χ2n) is 5.99. The van der Waals surface area contributed by atoms with E-state index in [0.29, 0.717) is 6.54 Å². The lowest BCUT2D eigenvalue weighted by Crippen LogP contribution is -2.34. The molecule has 6 nitrogen and oxygen atoms in total. The number of hydrogen-bond acceptors (Lipinski definition) is 4. The smallest absolute Gasteiger partial charge is 0.371 e. The molecule has 1 atom stereocenters. The van der Waals surface area contributed by atoms with Crippen LogP contribution in [0.1, 0.15) is 71.3 Å². The average Bonchev–Trinajstić information content (AvgIpc) is 3.19. The molecule has 0 bridgehead atoms. The summed E-state index contributed by atoms with van der Waals surface area (Å²) in [5.41, 5.74) is 0. The molecular weight excluding hydrogens is 310 g/mol. The Labute approximate surface area is 140 Å². The fraction of sp³-hybridized carbons (Fsp3) is 0.444. The van der Waals surface area contributed by atoms with Crippen LogP contribution < -0.4 is 0 Å². The highest BCUT2D eigenvalue weighted by Crippen LogP contribution is 2.32. The number of furan rings is 2. The van der Waals surface area contributed by atoms with Gasteiger partial charge in [0.2, 0.25) is 5.76 Å². The predicted molar refractivity (Wildman–Crippen MR) is 86.0 cm³/mol. The molecule has 3 heterocycles. The monoisotopic (exact) mass is 331 g/mol. The molecule has 0 aromatic carbocycles. The van der Waals surface area contributed by atoms with E-state index >= 15 is 0 Å². The molecule has 24 heavy (non-hydrogen) atoms. The maximum absolute atomic E-state index is 12.8. The van der Waals surface area contributed by atoms with Gasteiger partial charge in [-0.05, 0) is 37.1 Å². The van der Waals surface area contributed by atoms with Crippen molar-refractivity contribution in [2.45, 2.75) is 45.1 Å². The molecule has 1 aliphatic heterocycles. The van der Waals surface area contributed by atoms with E-state index in [0.717, 1.165) is 43.6 Å². The third-order valence-electron chi connectivity index (χ3n) is 4.40. The molecule has 1 saturated heterocycles. The number of nitrogens with zero attached hydrogens (tertiary/aromatic N) is 1. The standard InChI is InChI=1S/C18H21NO5/c1-2-12-7-8-14(23-12)13-6-4-3-5-11-19(13)17(20)15-9-10-16(24-15)18(21)22/h7-10,13H,2-6,11H2,1H3,(H,21,22). The summed E-state index contributed by atoms with van der Waals surface area (Å²) in [6, 6.07) is 6.47. The van der Waals surface area contributed by atoms with Crippen LogP contribution in [0.5, 0.6) is 0 Å². The first kappa shape index (κ1) is 16.4. The van der Waals surface area contributed by atoms with Crippen molar-refractivity contribution in [3.63, 3.8) is 0 Å². The molecule has 1 fully saturated rings. The van der Waals surface area contributed by atoms with Gasteiger partial charge in [-0.15, -0.1) is 0 Å². The van der Waals surface area contributed by atoms with Gasteiger partial charge in [0, 0.05) is 13.0 Å². The summed E-state index contributed by atoms with van der Waals surface area (Å²) in [5, 5.41) is 8.96. The van der Waals surface area contributed by atoms with Crippen molar-refractivity contribution in [3.8, 4) is 0 Å². The Hall–Kier alpha value is -2.50. The van der Waals surface area contributed by atoms with Gasteiger partial charge in [-0.2, -0.15) is 0 Å². The molecule has 0 aliphatic carbocycles. The number of rotatable bonds is 4. The number of aromatic carboxylic acids is 1. The SMILES string of the molecule is CCc1ccc(C2CCCCCN2C(=O)c2ccc(C(=O)O)o2)o1. The Morgan fingerprint density at radius 3 is 2.58 bits per heavy atom. The van der Waals surface area contributed by atoms with Crippen LogP contribution >= 0.6 is 0 Å². The van der Waals surface area contributed by atoms with E-state index in [1.807, 2.05) is 19.1 Å². The molecule has 1 aliphatic rings. The molecule has 0 radical (unpaired) electrons. The number of likely N-dealkylation sites (tertiary alicyclic amines) is 1. The van der Waals surface area contributed by atoms with Crippen molar-refractivity contribution < 1.29 is 23.5 Å². The average molecular weight is 331 g/mol. The van der Waals surface area contributed by atoms with Crippen molar-refractivity contribution in [2.75, 3.05) is 6.54 Å². The Bertz CT molecular complexity index is 729. The lowest BCUT2D eigenvalue weighted by atomic mass is 10.1. The maximum Gasteiger partial charge on any atom is 0.371 e. The lowest BCUT2D eigenvalue weighted by Gasteiger charge is -2.27. The van der Waals surface area contributed by atoms with Gasteiger partial charge in [0.25, 0.3) is 5.91 Å². The van der Waals surface area contributed by atoms with E-state index < -0.39 is 5.97 Å². The third-order valence-corrected chi connectivity index (χ3v) is 4.40. The first-order chi connectivity index (χ1) is 11.6. The largest absolute Gasteiger partial charge is 0.475 e. The minimum Gasteiger partial charge on any atom is -0.475 e. The van der Waals surface area contributed by atoms with E-state index in [1.165, 1.54) is 12.1 Å². The van der Waals surface area contributed by atoms with Crippen LogP contribution in [-0.2, 0) is 6.42 Å². The van der Waals surface area contributed by atoms with E-state index in [9.17, 15) is 9.59 Å². The molecular formula is C18H21NO5. The van der Waals surface area contributed by atoms with E-state index in [2.05, 4.69) is 0 Å². The van der Waals surface area contributed by atoms with Crippen LogP contribution in [0.3, 0.4) is 0 Å². The molecule has 2 aromatic heterocycles. The molecule has 128 valence electrons. The van der Waals surface area contributed by atoms with Gasteiger partial charge in [0.05, 0.1) is 6.04 Å². The van der Waals surface area contributed by atoms with Crippen LogP contribution in [0.25, 0.3) is 0 Å². The highest BCUT2D eigenvalue weighted by Gasteiger charge is 2.31. The van der Waals surface area contributed by atoms with Gasteiger partial charge in [0.1, 0.15) is 11.5 Å². The number of hydrogen-bond donors (Lipinski definition) is 1. The zero-order chi connectivity index (χ0) is 17.1. The summed E-state index contributed by atoms with van der Waals surface area (Å²) in [4.78, 5) is 25.5. The van der Waals surface area contributed by atoms with Gasteiger partial charge >= 0.3 is 5.97 Å². The predicted octanol–water partition coefficient (Wildman–Crippen LogP) is 3.89. The summed E-state index contributed by atoms with van der Waals surface area (Å²) in [5.74, 6) is 0.0430. The molecule has 0 saturated carbocycles. The van der Waals surface area contributed by atoms with Crippen molar-refractivity contribution in [3.05, 3.63) is 47.3 Å². The van der Waals surface area contributed by atoms with Gasteiger partial charge in [0.15, 0.2) is 5.76 Å².